The van der Waals surface area contributed by atoms with Crippen LogP contribution in [0.15, 0.2) is 48.5 Å². The minimum atomic E-state index is 0.0395. The van der Waals surface area contributed by atoms with E-state index >= 15 is 0 Å². The third kappa shape index (κ3) is 4.59. The number of aryl methyl sites for hydroxylation is 1. The van der Waals surface area contributed by atoms with Crippen LogP contribution < -0.4 is 10.1 Å². The highest BCUT2D eigenvalue weighted by Gasteiger charge is 2.10. The van der Waals surface area contributed by atoms with Gasteiger partial charge in [-0.25, -0.2) is 0 Å². The predicted octanol–water partition coefficient (Wildman–Crippen LogP) is 2.70. The van der Waals surface area contributed by atoms with Crippen LogP contribution in [0.5, 0.6) is 5.75 Å². The first-order valence-corrected chi connectivity index (χ1v) is 7.24. The molecule has 2 rings (SSSR count). The highest BCUT2D eigenvalue weighted by Crippen LogP contribution is 2.19. The predicted molar refractivity (Wildman–Crippen MR) is 85.6 cm³/mol. The molecule has 0 amide bonds. The SMILES string of the molecule is COc1ccc(C)cc1CN[C@@H](CO)Cc1ccccc1. The smallest absolute Gasteiger partial charge is 0.123 e. The molecule has 0 unspecified atom stereocenters. The Kier molecular flexibility index (Phi) is 5.78. The second-order valence-electron chi connectivity index (χ2n) is 5.27. The minimum absolute atomic E-state index is 0.0395. The number of benzene rings is 2. The van der Waals surface area contributed by atoms with Crippen molar-refractivity contribution in [1.29, 1.82) is 0 Å². The molecular formula is C18H23NO2. The molecule has 1 atom stereocenters. The summed E-state index contributed by atoms with van der Waals surface area (Å²) in [7, 11) is 1.68. The molecule has 0 saturated carbocycles. The Bertz CT molecular complexity index is 554. The standard InChI is InChI=1S/C18H23NO2/c1-14-8-9-18(21-2)16(10-14)12-19-17(13-20)11-15-6-4-3-5-7-15/h3-10,17,19-20H,11-13H2,1-2H3/t17-/m1/s1. The van der Waals surface area contributed by atoms with Gasteiger partial charge in [0.25, 0.3) is 0 Å². The first-order chi connectivity index (χ1) is 10.2. The molecule has 0 fully saturated rings. The summed E-state index contributed by atoms with van der Waals surface area (Å²) in [6, 6.07) is 16.4. The first kappa shape index (κ1) is 15.5. The number of rotatable bonds is 7. The molecule has 0 saturated heterocycles. The number of hydrogen-bond acceptors (Lipinski definition) is 3. The Labute approximate surface area is 126 Å². The van der Waals surface area contributed by atoms with Gasteiger partial charge in [0.05, 0.1) is 13.7 Å². The molecule has 2 aromatic rings. The van der Waals surface area contributed by atoms with E-state index in [4.69, 9.17) is 4.74 Å². The quantitative estimate of drug-likeness (QED) is 0.822. The zero-order valence-electron chi connectivity index (χ0n) is 12.7. The van der Waals surface area contributed by atoms with Crippen LogP contribution in [0.1, 0.15) is 16.7 Å². The summed E-state index contributed by atoms with van der Waals surface area (Å²) < 4.78 is 5.38. The Morgan fingerprint density at radius 3 is 2.57 bits per heavy atom. The van der Waals surface area contributed by atoms with Gasteiger partial charge in [0.2, 0.25) is 0 Å². The topological polar surface area (TPSA) is 41.5 Å². The summed E-state index contributed by atoms with van der Waals surface area (Å²) in [5.74, 6) is 0.879. The number of nitrogens with one attached hydrogen (secondary N) is 1. The number of methoxy groups -OCH3 is 1. The van der Waals surface area contributed by atoms with Crippen molar-refractivity contribution in [2.45, 2.75) is 25.9 Å². The molecule has 0 spiro atoms. The highest BCUT2D eigenvalue weighted by atomic mass is 16.5. The van der Waals surface area contributed by atoms with E-state index in [1.807, 2.05) is 30.3 Å². The van der Waals surface area contributed by atoms with Crippen molar-refractivity contribution in [3.63, 3.8) is 0 Å². The van der Waals surface area contributed by atoms with E-state index in [-0.39, 0.29) is 12.6 Å². The van der Waals surface area contributed by atoms with Gasteiger partial charge in [0.15, 0.2) is 0 Å². The zero-order valence-corrected chi connectivity index (χ0v) is 12.7. The van der Waals surface area contributed by atoms with Gasteiger partial charge in [-0.3, -0.25) is 0 Å². The van der Waals surface area contributed by atoms with E-state index in [0.717, 1.165) is 17.7 Å². The average Bonchev–Trinajstić information content (AvgIpc) is 2.52. The lowest BCUT2D eigenvalue weighted by molar-refractivity contribution is 0.240. The monoisotopic (exact) mass is 285 g/mol. The Morgan fingerprint density at radius 2 is 1.90 bits per heavy atom. The normalized spacial score (nSPS) is 12.1. The van der Waals surface area contributed by atoms with Crippen molar-refractivity contribution in [1.82, 2.24) is 5.32 Å². The van der Waals surface area contributed by atoms with Gasteiger partial charge in [-0.1, -0.05) is 48.0 Å². The van der Waals surface area contributed by atoms with Crippen LogP contribution in [0.2, 0.25) is 0 Å². The van der Waals surface area contributed by atoms with E-state index < -0.39 is 0 Å². The molecular weight excluding hydrogens is 262 g/mol. The van der Waals surface area contributed by atoms with Gasteiger partial charge in [0, 0.05) is 18.2 Å². The van der Waals surface area contributed by atoms with E-state index in [0.29, 0.717) is 6.54 Å². The van der Waals surface area contributed by atoms with Crippen molar-refractivity contribution in [3.8, 4) is 5.75 Å². The second-order valence-corrected chi connectivity index (χ2v) is 5.27. The van der Waals surface area contributed by atoms with Crippen molar-refractivity contribution in [2.24, 2.45) is 0 Å². The zero-order chi connectivity index (χ0) is 15.1. The van der Waals surface area contributed by atoms with Crippen LogP contribution >= 0.6 is 0 Å². The van der Waals surface area contributed by atoms with Crippen molar-refractivity contribution < 1.29 is 9.84 Å². The van der Waals surface area contributed by atoms with Crippen LogP contribution in [-0.2, 0) is 13.0 Å². The van der Waals surface area contributed by atoms with Crippen molar-refractivity contribution in [2.75, 3.05) is 13.7 Å². The molecule has 0 radical (unpaired) electrons. The minimum Gasteiger partial charge on any atom is -0.496 e. The van der Waals surface area contributed by atoms with Gasteiger partial charge in [-0.15, -0.1) is 0 Å². The van der Waals surface area contributed by atoms with Gasteiger partial charge in [0.1, 0.15) is 5.75 Å². The maximum Gasteiger partial charge on any atom is 0.123 e. The van der Waals surface area contributed by atoms with Crippen LogP contribution in [0, 0.1) is 6.92 Å². The molecule has 3 nitrogen and oxygen atoms in total. The molecule has 0 aliphatic heterocycles. The molecule has 0 aromatic heterocycles. The fraction of sp³-hybridized carbons (Fsp3) is 0.333. The maximum atomic E-state index is 9.55. The molecule has 0 bridgehead atoms. The summed E-state index contributed by atoms with van der Waals surface area (Å²) in [5, 5.41) is 13.0. The third-order valence-electron chi connectivity index (χ3n) is 3.56. The second kappa shape index (κ2) is 7.81. The number of aliphatic hydroxyl groups is 1. The van der Waals surface area contributed by atoms with Gasteiger partial charge < -0.3 is 15.2 Å². The lowest BCUT2D eigenvalue weighted by atomic mass is 10.1. The Morgan fingerprint density at radius 1 is 1.14 bits per heavy atom. The molecule has 112 valence electrons. The van der Waals surface area contributed by atoms with Crippen LogP contribution in [0.4, 0.5) is 0 Å². The van der Waals surface area contributed by atoms with E-state index in [9.17, 15) is 5.11 Å². The maximum absolute atomic E-state index is 9.55. The van der Waals surface area contributed by atoms with Gasteiger partial charge in [-0.05, 0) is 25.0 Å². The third-order valence-corrected chi connectivity index (χ3v) is 3.56. The molecule has 0 aliphatic carbocycles. The van der Waals surface area contributed by atoms with E-state index in [1.54, 1.807) is 7.11 Å². The summed E-state index contributed by atoms with van der Waals surface area (Å²) in [6.07, 6.45) is 0.811. The Hall–Kier alpha value is -1.84. The lowest BCUT2D eigenvalue weighted by Gasteiger charge is -2.18. The summed E-state index contributed by atoms with van der Waals surface area (Å²) in [5.41, 5.74) is 3.54. The Balaban J connectivity index is 1.98. The lowest BCUT2D eigenvalue weighted by Crippen LogP contribution is -2.34. The molecule has 3 heteroatoms. The molecule has 0 heterocycles. The van der Waals surface area contributed by atoms with Crippen molar-refractivity contribution in [3.05, 3.63) is 65.2 Å². The number of hydrogen-bond donors (Lipinski definition) is 2. The fourth-order valence-electron chi connectivity index (χ4n) is 2.40. The molecule has 2 aromatic carbocycles. The summed E-state index contributed by atoms with van der Waals surface area (Å²) >= 11 is 0. The van der Waals surface area contributed by atoms with Crippen LogP contribution in [-0.4, -0.2) is 24.9 Å². The van der Waals surface area contributed by atoms with Gasteiger partial charge >= 0.3 is 0 Å². The first-order valence-electron chi connectivity index (χ1n) is 7.24. The van der Waals surface area contributed by atoms with Gasteiger partial charge in [-0.2, -0.15) is 0 Å². The summed E-state index contributed by atoms with van der Waals surface area (Å²) in [6.45, 7) is 2.86. The fourth-order valence-corrected chi connectivity index (χ4v) is 2.40. The molecule has 2 N–H and O–H groups in total. The number of ether oxygens (including phenoxy) is 1. The largest absolute Gasteiger partial charge is 0.496 e. The van der Waals surface area contributed by atoms with E-state index in [2.05, 4.69) is 30.4 Å². The summed E-state index contributed by atoms with van der Waals surface area (Å²) in [4.78, 5) is 0. The number of aliphatic hydroxyl groups excluding tert-OH is 1. The van der Waals surface area contributed by atoms with Crippen molar-refractivity contribution >= 4 is 0 Å². The van der Waals surface area contributed by atoms with Crippen LogP contribution in [0.3, 0.4) is 0 Å². The highest BCUT2D eigenvalue weighted by molar-refractivity contribution is 5.36. The molecule has 21 heavy (non-hydrogen) atoms. The molecule has 0 aliphatic rings. The average molecular weight is 285 g/mol. The van der Waals surface area contributed by atoms with Crippen LogP contribution in [0.25, 0.3) is 0 Å². The van der Waals surface area contributed by atoms with E-state index in [1.165, 1.54) is 11.1 Å².